The van der Waals surface area contributed by atoms with Gasteiger partial charge in [-0.3, -0.25) is 0 Å². The van der Waals surface area contributed by atoms with Crippen molar-refractivity contribution in [1.82, 2.24) is 5.32 Å². The number of benzene rings is 1. The van der Waals surface area contributed by atoms with Gasteiger partial charge < -0.3 is 5.32 Å². The van der Waals surface area contributed by atoms with Gasteiger partial charge in [0.25, 0.3) is 0 Å². The third kappa shape index (κ3) is 4.42. The molecule has 0 aliphatic carbocycles. The van der Waals surface area contributed by atoms with Crippen molar-refractivity contribution in [2.45, 2.75) is 17.1 Å². The minimum atomic E-state index is -3.42. The molecule has 0 aliphatic rings. The molecule has 0 saturated carbocycles. The molecule has 0 heterocycles. The molecule has 3 nitrogen and oxygen atoms in total. The van der Waals surface area contributed by atoms with E-state index in [4.69, 9.17) is 0 Å². The summed E-state index contributed by atoms with van der Waals surface area (Å²) in [5.74, 6) is 5.57. The van der Waals surface area contributed by atoms with E-state index in [0.29, 0.717) is 11.4 Å². The summed E-state index contributed by atoms with van der Waals surface area (Å²) in [4.78, 5) is 0.301. The van der Waals surface area contributed by atoms with Crippen molar-refractivity contribution < 1.29 is 8.42 Å². The number of sulfone groups is 1. The van der Waals surface area contributed by atoms with Gasteiger partial charge in [-0.05, 0) is 25.1 Å². The zero-order valence-electron chi connectivity index (χ0n) is 10.9. The van der Waals surface area contributed by atoms with Crippen LogP contribution in [0.15, 0.2) is 53.6 Å². The lowest BCUT2D eigenvalue weighted by molar-refractivity contribution is 0.583. The molecule has 0 aliphatic heterocycles. The van der Waals surface area contributed by atoms with Crippen molar-refractivity contribution in [3.05, 3.63) is 48.7 Å². The van der Waals surface area contributed by atoms with E-state index in [1.165, 1.54) is 6.08 Å². The average Bonchev–Trinajstić information content (AvgIpc) is 2.43. The summed E-state index contributed by atoms with van der Waals surface area (Å²) in [6, 6.07) is 8.37. The predicted molar refractivity (Wildman–Crippen MR) is 77.4 cm³/mol. The molecule has 1 rings (SSSR count). The summed E-state index contributed by atoms with van der Waals surface area (Å²) in [7, 11) is -3.42. The minimum Gasteiger partial charge on any atom is -0.305 e. The molecule has 0 bridgehead atoms. The first-order valence-electron chi connectivity index (χ1n) is 5.88. The molecule has 0 amide bonds. The van der Waals surface area contributed by atoms with Gasteiger partial charge in [0.05, 0.1) is 11.4 Å². The standard InChI is InChI=1S/C15H17NO2S/c1-3-5-12-16-13-15(9-4-2)19(17,18)14-10-7-6-8-11-14/h6-11,15-16H,2,12-13H2,1H3. The average molecular weight is 275 g/mol. The molecule has 19 heavy (non-hydrogen) atoms. The van der Waals surface area contributed by atoms with E-state index in [-0.39, 0.29) is 6.54 Å². The second-order valence-electron chi connectivity index (χ2n) is 3.82. The van der Waals surface area contributed by atoms with Crippen LogP contribution in [-0.4, -0.2) is 26.8 Å². The van der Waals surface area contributed by atoms with E-state index in [1.807, 2.05) is 0 Å². The van der Waals surface area contributed by atoms with Crippen LogP contribution in [-0.2, 0) is 9.84 Å². The van der Waals surface area contributed by atoms with Gasteiger partial charge in [0, 0.05) is 6.54 Å². The fourth-order valence-corrected chi connectivity index (χ4v) is 3.04. The van der Waals surface area contributed by atoms with E-state index >= 15 is 0 Å². The zero-order chi connectivity index (χ0) is 14.1. The van der Waals surface area contributed by atoms with E-state index in [2.05, 4.69) is 29.5 Å². The van der Waals surface area contributed by atoms with E-state index < -0.39 is 15.1 Å². The van der Waals surface area contributed by atoms with Gasteiger partial charge in [-0.1, -0.05) is 30.7 Å². The lowest BCUT2D eigenvalue weighted by Crippen LogP contribution is -2.32. The van der Waals surface area contributed by atoms with Crippen LogP contribution in [0.1, 0.15) is 6.92 Å². The van der Waals surface area contributed by atoms with E-state index in [9.17, 15) is 8.42 Å². The van der Waals surface area contributed by atoms with Crippen LogP contribution in [0, 0.1) is 11.8 Å². The fraction of sp³-hybridized carbons (Fsp3) is 0.267. The molecule has 1 aromatic rings. The zero-order valence-corrected chi connectivity index (χ0v) is 11.7. The molecule has 0 aromatic heterocycles. The quantitative estimate of drug-likeness (QED) is 0.489. The molecule has 0 fully saturated rings. The Labute approximate surface area is 115 Å². The number of hydrogen-bond acceptors (Lipinski definition) is 3. The van der Waals surface area contributed by atoms with Crippen molar-refractivity contribution in [2.75, 3.05) is 13.1 Å². The maximum absolute atomic E-state index is 12.4. The van der Waals surface area contributed by atoms with Gasteiger partial charge >= 0.3 is 0 Å². The van der Waals surface area contributed by atoms with Crippen LogP contribution in [0.2, 0.25) is 0 Å². The highest BCUT2D eigenvalue weighted by molar-refractivity contribution is 7.92. The maximum atomic E-state index is 12.4. The Bertz CT molecular complexity index is 603. The fourth-order valence-electron chi connectivity index (χ4n) is 1.54. The second-order valence-corrected chi connectivity index (χ2v) is 5.99. The first-order chi connectivity index (χ1) is 9.12. The van der Waals surface area contributed by atoms with Crippen molar-refractivity contribution >= 4 is 9.84 Å². The summed E-state index contributed by atoms with van der Waals surface area (Å²) < 4.78 is 24.8. The third-order valence-corrected chi connectivity index (χ3v) is 4.54. The summed E-state index contributed by atoms with van der Waals surface area (Å²) in [5, 5.41) is 2.31. The Morgan fingerprint density at radius 2 is 2.05 bits per heavy atom. The van der Waals surface area contributed by atoms with Crippen LogP contribution >= 0.6 is 0 Å². The largest absolute Gasteiger partial charge is 0.305 e. The van der Waals surface area contributed by atoms with Crippen molar-refractivity contribution in [2.24, 2.45) is 0 Å². The van der Waals surface area contributed by atoms with Crippen LogP contribution in [0.5, 0.6) is 0 Å². The van der Waals surface area contributed by atoms with Gasteiger partial charge in [-0.25, -0.2) is 8.42 Å². The van der Waals surface area contributed by atoms with Crippen molar-refractivity contribution in [1.29, 1.82) is 0 Å². The number of nitrogens with one attached hydrogen (secondary N) is 1. The Morgan fingerprint density at radius 3 is 2.63 bits per heavy atom. The molecule has 1 aromatic carbocycles. The molecule has 0 spiro atoms. The molecule has 1 unspecified atom stereocenters. The van der Waals surface area contributed by atoms with Gasteiger partial charge in [0.1, 0.15) is 5.25 Å². The molecular weight excluding hydrogens is 258 g/mol. The Hall–Kier alpha value is -1.79. The normalized spacial score (nSPS) is 11.8. The number of hydrogen-bond donors (Lipinski definition) is 1. The Morgan fingerprint density at radius 1 is 1.37 bits per heavy atom. The van der Waals surface area contributed by atoms with E-state index in [0.717, 1.165) is 0 Å². The summed E-state index contributed by atoms with van der Waals surface area (Å²) in [6.45, 7) is 5.94. The van der Waals surface area contributed by atoms with Crippen molar-refractivity contribution in [3.8, 4) is 11.8 Å². The highest BCUT2D eigenvalue weighted by Gasteiger charge is 2.24. The van der Waals surface area contributed by atoms with Crippen LogP contribution in [0.3, 0.4) is 0 Å². The lowest BCUT2D eigenvalue weighted by atomic mass is 10.4. The van der Waals surface area contributed by atoms with Gasteiger partial charge in [0.2, 0.25) is 0 Å². The molecule has 1 atom stereocenters. The SMILES string of the molecule is C=C=CC(CNCC#CC)S(=O)(=O)c1ccccc1. The van der Waals surface area contributed by atoms with Gasteiger partial charge in [-0.2, -0.15) is 0 Å². The summed E-state index contributed by atoms with van der Waals surface area (Å²) in [5.41, 5.74) is 2.55. The summed E-state index contributed by atoms with van der Waals surface area (Å²) in [6.07, 6.45) is 1.47. The Kier molecular flexibility index (Phi) is 6.11. The molecule has 4 heteroatoms. The first kappa shape index (κ1) is 15.3. The highest BCUT2D eigenvalue weighted by atomic mass is 32.2. The molecule has 0 saturated heterocycles. The first-order valence-corrected chi connectivity index (χ1v) is 7.42. The van der Waals surface area contributed by atoms with Crippen LogP contribution in [0.25, 0.3) is 0 Å². The van der Waals surface area contributed by atoms with Crippen molar-refractivity contribution in [3.63, 3.8) is 0 Å². The van der Waals surface area contributed by atoms with Gasteiger partial charge in [-0.15, -0.1) is 11.7 Å². The smallest absolute Gasteiger partial charge is 0.186 e. The predicted octanol–water partition coefficient (Wildman–Crippen LogP) is 1.78. The molecule has 100 valence electrons. The van der Waals surface area contributed by atoms with Crippen LogP contribution < -0.4 is 5.32 Å². The number of rotatable bonds is 6. The highest BCUT2D eigenvalue weighted by Crippen LogP contribution is 2.16. The minimum absolute atomic E-state index is 0.286. The van der Waals surface area contributed by atoms with E-state index in [1.54, 1.807) is 37.3 Å². The molecule has 0 radical (unpaired) electrons. The molecule has 1 N–H and O–H groups in total. The second kappa shape index (κ2) is 7.60. The molecular formula is C15H17NO2S. The Balaban J connectivity index is 2.91. The maximum Gasteiger partial charge on any atom is 0.186 e. The third-order valence-electron chi connectivity index (χ3n) is 2.51. The van der Waals surface area contributed by atoms with Crippen LogP contribution in [0.4, 0.5) is 0 Å². The van der Waals surface area contributed by atoms with Gasteiger partial charge in [0.15, 0.2) is 9.84 Å². The monoisotopic (exact) mass is 275 g/mol. The summed E-state index contributed by atoms with van der Waals surface area (Å²) >= 11 is 0. The topological polar surface area (TPSA) is 46.2 Å². The lowest BCUT2D eigenvalue weighted by Gasteiger charge is -2.13.